The Bertz CT molecular complexity index is 2470. The molecule has 0 spiro atoms. The van der Waals surface area contributed by atoms with Gasteiger partial charge in [-0.2, -0.15) is 0 Å². The number of allylic oxidation sites excluding steroid dienone is 1. The predicted octanol–water partition coefficient (Wildman–Crippen LogP) is 7.47. The number of alkyl carbamates (subject to hydrolysis) is 2. The van der Waals surface area contributed by atoms with Crippen LogP contribution in [-0.2, 0) is 28.9 Å². The van der Waals surface area contributed by atoms with Gasteiger partial charge in [0.25, 0.3) is 0 Å². The monoisotopic (exact) mass is 895 g/mol. The van der Waals surface area contributed by atoms with Crippen molar-refractivity contribution < 1.29 is 41.8 Å². The number of fused-ring (bicyclic) bond motifs is 2. The lowest BCUT2D eigenvalue weighted by Crippen LogP contribution is -2.54. The number of rotatable bonds is 10. The normalized spacial score (nSPS) is 22.9. The van der Waals surface area contributed by atoms with Crippen molar-refractivity contribution in [3.05, 3.63) is 60.2 Å². The molecule has 4 atom stereocenters. The molecule has 5 heterocycles. The third-order valence-corrected chi connectivity index (χ3v) is 16.0. The largest absolute Gasteiger partial charge is 0.455 e. The van der Waals surface area contributed by atoms with Crippen LogP contribution >= 0.6 is 0 Å². The molecule has 1 aromatic heterocycles. The van der Waals surface area contributed by atoms with E-state index in [2.05, 4.69) is 20.6 Å². The fourth-order valence-electron chi connectivity index (χ4n) is 10.8. The quantitative estimate of drug-likeness (QED) is 0.143. The summed E-state index contributed by atoms with van der Waals surface area (Å²) in [7, 11) is -1.38. The standard InChI is InChI=1S/C47H57N7O9S/c1-61-46(57)51-41(28-11-5-3-6-12-28)44(55)53-21-9-15-35(53)33-23-32(26-48-33)30-18-20-39-38(24-30)63-37-19-17-31(25-40(37)64(39,59)60)34-27-49-43(50-34)36-16-10-22-54(36)45(56)42(52-47(58)62-2)29-13-7-4-8-14-29/h17-20,24-29,35-36,41-42H,3-16,21-23H2,1-2H3,(H,49,50)(H,51,57)(H,52,58)/t35-,36-,41-,42-/m0/s1. The van der Waals surface area contributed by atoms with E-state index in [9.17, 15) is 27.6 Å². The van der Waals surface area contributed by atoms with Gasteiger partial charge in [0.1, 0.15) is 39.2 Å². The van der Waals surface area contributed by atoms with Gasteiger partial charge in [-0.15, -0.1) is 0 Å². The van der Waals surface area contributed by atoms with Crippen LogP contribution in [0.3, 0.4) is 0 Å². The Balaban J connectivity index is 0.881. The van der Waals surface area contributed by atoms with E-state index in [4.69, 9.17) is 19.2 Å². The van der Waals surface area contributed by atoms with Crippen molar-refractivity contribution >= 4 is 45.1 Å². The number of hydrogen-bond acceptors (Lipinski definition) is 11. The highest BCUT2D eigenvalue weighted by Crippen LogP contribution is 2.46. The molecular formula is C47H57N7O9S. The second-order valence-corrected chi connectivity index (χ2v) is 19.9. The van der Waals surface area contributed by atoms with Crippen LogP contribution in [0.25, 0.3) is 16.8 Å². The predicted molar refractivity (Wildman–Crippen MR) is 236 cm³/mol. The Morgan fingerprint density at radius 2 is 1.31 bits per heavy atom. The number of sulfone groups is 1. The number of carbonyl (C=O) groups is 4. The van der Waals surface area contributed by atoms with Gasteiger partial charge in [-0.25, -0.2) is 23.0 Å². The topological polar surface area (TPSA) is 202 Å². The van der Waals surface area contributed by atoms with Crippen LogP contribution in [0.2, 0.25) is 0 Å². The molecule has 340 valence electrons. The molecule has 3 aromatic rings. The summed E-state index contributed by atoms with van der Waals surface area (Å²) in [6, 6.07) is 8.22. The van der Waals surface area contributed by atoms with Crippen molar-refractivity contribution in [3.63, 3.8) is 0 Å². The maximum absolute atomic E-state index is 14.2. The second-order valence-electron chi connectivity index (χ2n) is 18.0. The van der Waals surface area contributed by atoms with Crippen molar-refractivity contribution in [2.45, 2.75) is 130 Å². The third kappa shape index (κ3) is 8.50. The van der Waals surface area contributed by atoms with Crippen molar-refractivity contribution in [2.75, 3.05) is 27.3 Å². The number of ether oxygens (including phenoxy) is 3. The number of amides is 4. The van der Waals surface area contributed by atoms with Gasteiger partial charge in [-0.1, -0.05) is 44.6 Å². The summed E-state index contributed by atoms with van der Waals surface area (Å²) in [4.78, 5) is 69.5. The minimum atomic E-state index is -3.99. The molecule has 2 aromatic carbocycles. The molecule has 0 radical (unpaired) electrons. The number of hydrogen-bond donors (Lipinski definition) is 3. The molecule has 0 unspecified atom stereocenters. The Kier molecular flexibility index (Phi) is 12.5. The number of nitrogens with zero attached hydrogens (tertiary/aromatic N) is 4. The molecule has 17 heteroatoms. The third-order valence-electron chi connectivity index (χ3n) is 14.2. The molecule has 64 heavy (non-hydrogen) atoms. The smallest absolute Gasteiger partial charge is 0.407 e. The molecular weight excluding hydrogens is 839 g/mol. The summed E-state index contributed by atoms with van der Waals surface area (Å²) in [6.45, 7) is 1.11. The Hall–Kier alpha value is -5.71. The highest BCUT2D eigenvalue weighted by molar-refractivity contribution is 7.91. The van der Waals surface area contributed by atoms with Crippen molar-refractivity contribution in [3.8, 4) is 22.8 Å². The van der Waals surface area contributed by atoms with Crippen molar-refractivity contribution in [1.29, 1.82) is 0 Å². The molecule has 0 bridgehead atoms. The summed E-state index contributed by atoms with van der Waals surface area (Å²) < 4.78 is 44.5. The number of nitrogens with one attached hydrogen (secondary N) is 3. The number of likely N-dealkylation sites (tertiary alicyclic amines) is 2. The van der Waals surface area contributed by atoms with Crippen LogP contribution in [0.1, 0.15) is 114 Å². The zero-order valence-electron chi connectivity index (χ0n) is 36.5. The average Bonchev–Trinajstić information content (AvgIpc) is 4.17. The first-order valence-electron chi connectivity index (χ1n) is 22.9. The Morgan fingerprint density at radius 1 is 0.719 bits per heavy atom. The van der Waals surface area contributed by atoms with E-state index in [1.807, 2.05) is 4.90 Å². The van der Waals surface area contributed by atoms with E-state index in [0.29, 0.717) is 43.0 Å². The van der Waals surface area contributed by atoms with Gasteiger partial charge in [0, 0.05) is 37.0 Å². The van der Waals surface area contributed by atoms with Gasteiger partial charge in [-0.3, -0.25) is 14.6 Å². The summed E-state index contributed by atoms with van der Waals surface area (Å²) in [5.41, 5.74) is 3.71. The van der Waals surface area contributed by atoms with E-state index in [0.717, 1.165) is 100 Å². The van der Waals surface area contributed by atoms with E-state index in [1.54, 1.807) is 53.7 Å². The number of imidazole rings is 1. The Morgan fingerprint density at radius 3 is 1.94 bits per heavy atom. The molecule has 3 N–H and O–H groups in total. The molecule has 9 rings (SSSR count). The summed E-state index contributed by atoms with van der Waals surface area (Å²) in [5, 5.41) is 5.68. The van der Waals surface area contributed by atoms with Gasteiger partial charge >= 0.3 is 12.2 Å². The molecule has 4 fully saturated rings. The van der Waals surface area contributed by atoms with E-state index >= 15 is 0 Å². The minimum Gasteiger partial charge on any atom is -0.455 e. The Labute approximate surface area is 373 Å². The molecule has 2 saturated carbocycles. The first kappa shape index (κ1) is 43.5. The summed E-state index contributed by atoms with van der Waals surface area (Å²) >= 11 is 0. The number of methoxy groups -OCH3 is 2. The van der Waals surface area contributed by atoms with Gasteiger partial charge in [0.05, 0.1) is 38.2 Å². The SMILES string of the molecule is COC(=O)N[C@H](C(=O)N1CCC[C@H]1C1=NC=C(c2ccc3c(c2)Oc2ccc(-c4cnc([C@@H]5CCCN5C(=O)[C@@H](NC(=O)OC)C5CCCCC5)[nH]4)cc2S3(=O)=O)C1)C1CCCCC1. The maximum Gasteiger partial charge on any atom is 0.407 e. The lowest BCUT2D eigenvalue weighted by Gasteiger charge is -2.34. The number of aliphatic imine (C=N–C) groups is 1. The lowest BCUT2D eigenvalue weighted by atomic mass is 9.83. The van der Waals surface area contributed by atoms with Crippen LogP contribution in [0.15, 0.2) is 63.6 Å². The highest BCUT2D eigenvalue weighted by Gasteiger charge is 2.42. The van der Waals surface area contributed by atoms with E-state index in [1.165, 1.54) is 14.2 Å². The molecule has 4 aliphatic heterocycles. The van der Waals surface area contributed by atoms with Crippen LogP contribution in [0.5, 0.6) is 11.5 Å². The number of carbonyl (C=O) groups excluding carboxylic acids is 4. The van der Waals surface area contributed by atoms with Gasteiger partial charge in [-0.05, 0) is 105 Å². The van der Waals surface area contributed by atoms with Crippen LogP contribution in [-0.4, -0.2) is 103 Å². The number of benzene rings is 2. The van der Waals surface area contributed by atoms with Gasteiger partial charge in [0.2, 0.25) is 21.7 Å². The van der Waals surface area contributed by atoms with E-state index in [-0.39, 0.29) is 57.0 Å². The zero-order chi connectivity index (χ0) is 44.5. The number of aromatic nitrogens is 2. The average molecular weight is 896 g/mol. The fraction of sp³-hybridized carbons (Fsp3) is 0.532. The number of aromatic amines is 1. The zero-order valence-corrected chi connectivity index (χ0v) is 37.3. The second kappa shape index (κ2) is 18.4. The summed E-state index contributed by atoms with van der Waals surface area (Å²) in [6.07, 6.45) is 15.6. The van der Waals surface area contributed by atoms with Gasteiger partial charge in [0.15, 0.2) is 0 Å². The number of H-pyrrole nitrogens is 1. The maximum atomic E-state index is 14.2. The molecule has 16 nitrogen and oxygen atoms in total. The molecule has 4 amide bonds. The molecule has 2 saturated heterocycles. The fourth-order valence-corrected chi connectivity index (χ4v) is 12.3. The molecule has 2 aliphatic carbocycles. The first-order chi connectivity index (χ1) is 31.0. The van der Waals surface area contributed by atoms with Crippen molar-refractivity contribution in [2.24, 2.45) is 16.8 Å². The van der Waals surface area contributed by atoms with Crippen LogP contribution in [0, 0.1) is 11.8 Å². The van der Waals surface area contributed by atoms with E-state index < -0.39 is 34.1 Å². The van der Waals surface area contributed by atoms with Crippen molar-refractivity contribution in [1.82, 2.24) is 30.4 Å². The van der Waals surface area contributed by atoms with Gasteiger partial charge < -0.3 is 39.6 Å². The minimum absolute atomic E-state index is 0.0298. The molecule has 6 aliphatic rings. The summed E-state index contributed by atoms with van der Waals surface area (Å²) in [5.74, 6) is 0.862. The highest BCUT2D eigenvalue weighted by atomic mass is 32.2. The van der Waals surface area contributed by atoms with Crippen LogP contribution in [0.4, 0.5) is 9.59 Å². The van der Waals surface area contributed by atoms with Crippen LogP contribution < -0.4 is 15.4 Å². The first-order valence-corrected chi connectivity index (χ1v) is 24.3. The lowest BCUT2D eigenvalue weighted by molar-refractivity contribution is -0.136.